The van der Waals surface area contributed by atoms with Crippen molar-refractivity contribution in [2.75, 3.05) is 6.54 Å². The molecule has 2 saturated heterocycles. The van der Waals surface area contributed by atoms with Crippen LogP contribution in [-0.4, -0.2) is 23.0 Å². The van der Waals surface area contributed by atoms with Crippen molar-refractivity contribution in [1.82, 2.24) is 4.90 Å². The first kappa shape index (κ1) is 7.60. The van der Waals surface area contributed by atoms with Gasteiger partial charge in [-0.15, -0.1) is 0 Å². The van der Waals surface area contributed by atoms with Gasteiger partial charge in [0.1, 0.15) is 0 Å². The van der Waals surface area contributed by atoms with Gasteiger partial charge in [0.25, 0.3) is 0 Å². The molecular formula is C10H19N. The summed E-state index contributed by atoms with van der Waals surface area (Å²) >= 11 is 0. The summed E-state index contributed by atoms with van der Waals surface area (Å²) < 4.78 is 0. The Morgan fingerprint density at radius 1 is 1.18 bits per heavy atom. The van der Waals surface area contributed by atoms with Crippen LogP contribution in [0, 0.1) is 0 Å². The molecule has 1 atom stereocenters. The molecular weight excluding hydrogens is 134 g/mol. The van der Waals surface area contributed by atoms with Crippen molar-refractivity contribution in [2.45, 2.75) is 57.5 Å². The van der Waals surface area contributed by atoms with Crippen LogP contribution in [0.1, 0.15) is 46.0 Å². The third-order valence-corrected chi connectivity index (χ3v) is 3.48. The molecule has 0 aliphatic carbocycles. The summed E-state index contributed by atoms with van der Waals surface area (Å²) in [4.78, 5) is 2.73. The van der Waals surface area contributed by atoms with Crippen LogP contribution >= 0.6 is 0 Å². The van der Waals surface area contributed by atoms with E-state index in [4.69, 9.17) is 0 Å². The topological polar surface area (TPSA) is 3.24 Å². The predicted octanol–water partition coefficient (Wildman–Crippen LogP) is 2.41. The highest BCUT2D eigenvalue weighted by molar-refractivity contribution is 4.94. The quantitative estimate of drug-likeness (QED) is 0.516. The SMILES string of the molecule is CC1(C)CCC[C@H]2CCCN21. The maximum atomic E-state index is 2.73. The van der Waals surface area contributed by atoms with E-state index in [-0.39, 0.29) is 0 Å². The minimum atomic E-state index is 0.513. The Labute approximate surface area is 69.8 Å². The molecule has 0 unspecified atom stereocenters. The zero-order valence-electron chi connectivity index (χ0n) is 7.77. The van der Waals surface area contributed by atoms with Gasteiger partial charge in [0.15, 0.2) is 0 Å². The van der Waals surface area contributed by atoms with E-state index >= 15 is 0 Å². The second kappa shape index (κ2) is 2.48. The van der Waals surface area contributed by atoms with Crippen LogP contribution in [0.3, 0.4) is 0 Å². The van der Waals surface area contributed by atoms with Gasteiger partial charge in [-0.2, -0.15) is 0 Å². The van der Waals surface area contributed by atoms with Crippen LogP contribution < -0.4 is 0 Å². The van der Waals surface area contributed by atoms with Crippen molar-refractivity contribution >= 4 is 0 Å². The maximum absolute atomic E-state index is 2.73. The molecule has 2 aliphatic heterocycles. The van der Waals surface area contributed by atoms with Gasteiger partial charge >= 0.3 is 0 Å². The first-order chi connectivity index (χ1) is 5.20. The summed E-state index contributed by atoms with van der Waals surface area (Å²) in [6, 6.07) is 0.943. The molecule has 64 valence electrons. The Morgan fingerprint density at radius 2 is 1.91 bits per heavy atom. The van der Waals surface area contributed by atoms with Gasteiger partial charge in [-0.25, -0.2) is 0 Å². The molecule has 0 aromatic rings. The Kier molecular flexibility index (Phi) is 1.71. The summed E-state index contributed by atoms with van der Waals surface area (Å²) in [5.74, 6) is 0. The molecule has 11 heavy (non-hydrogen) atoms. The smallest absolute Gasteiger partial charge is 0.0156 e. The fourth-order valence-corrected chi connectivity index (χ4v) is 2.85. The van der Waals surface area contributed by atoms with E-state index in [0.29, 0.717) is 5.54 Å². The molecule has 2 heterocycles. The largest absolute Gasteiger partial charge is 0.295 e. The average molecular weight is 153 g/mol. The van der Waals surface area contributed by atoms with E-state index < -0.39 is 0 Å². The number of piperidine rings is 1. The van der Waals surface area contributed by atoms with Crippen molar-refractivity contribution in [1.29, 1.82) is 0 Å². The van der Waals surface area contributed by atoms with E-state index in [0.717, 1.165) is 6.04 Å². The van der Waals surface area contributed by atoms with Crippen LogP contribution in [0.25, 0.3) is 0 Å². The van der Waals surface area contributed by atoms with Gasteiger partial charge < -0.3 is 0 Å². The second-order valence-electron chi connectivity index (χ2n) is 4.69. The first-order valence-electron chi connectivity index (χ1n) is 4.97. The Morgan fingerprint density at radius 3 is 2.64 bits per heavy atom. The molecule has 2 fully saturated rings. The highest BCUT2D eigenvalue weighted by atomic mass is 15.2. The third kappa shape index (κ3) is 1.20. The summed E-state index contributed by atoms with van der Waals surface area (Å²) in [6.07, 6.45) is 7.22. The standard InChI is InChI=1S/C10H19N/c1-10(2)7-3-5-9-6-4-8-11(9)10/h9H,3-8H2,1-2H3/t9-/m0/s1. The van der Waals surface area contributed by atoms with Gasteiger partial charge in [0.2, 0.25) is 0 Å². The molecule has 2 aliphatic rings. The minimum absolute atomic E-state index is 0.513. The molecule has 0 bridgehead atoms. The van der Waals surface area contributed by atoms with E-state index in [1.807, 2.05) is 0 Å². The second-order valence-corrected chi connectivity index (χ2v) is 4.69. The number of hydrogen-bond acceptors (Lipinski definition) is 1. The summed E-state index contributed by atoms with van der Waals surface area (Å²) in [7, 11) is 0. The lowest BCUT2D eigenvalue weighted by Crippen LogP contribution is -2.49. The van der Waals surface area contributed by atoms with Crippen molar-refractivity contribution in [3.05, 3.63) is 0 Å². The molecule has 0 amide bonds. The summed E-state index contributed by atoms with van der Waals surface area (Å²) in [5.41, 5.74) is 0.513. The number of hydrogen-bond donors (Lipinski definition) is 0. The van der Waals surface area contributed by atoms with Gasteiger partial charge in [-0.1, -0.05) is 6.42 Å². The van der Waals surface area contributed by atoms with Crippen LogP contribution in [0.4, 0.5) is 0 Å². The average Bonchev–Trinajstić information content (AvgIpc) is 2.34. The van der Waals surface area contributed by atoms with E-state index in [1.54, 1.807) is 0 Å². The normalized spacial score (nSPS) is 37.1. The molecule has 0 N–H and O–H groups in total. The number of nitrogens with zero attached hydrogens (tertiary/aromatic N) is 1. The van der Waals surface area contributed by atoms with Crippen molar-refractivity contribution in [3.63, 3.8) is 0 Å². The van der Waals surface area contributed by atoms with Crippen molar-refractivity contribution < 1.29 is 0 Å². The minimum Gasteiger partial charge on any atom is -0.295 e. The van der Waals surface area contributed by atoms with E-state index in [1.165, 1.54) is 38.6 Å². The highest BCUT2D eigenvalue weighted by Crippen LogP contribution is 2.36. The van der Waals surface area contributed by atoms with Gasteiger partial charge in [0, 0.05) is 11.6 Å². The highest BCUT2D eigenvalue weighted by Gasteiger charge is 2.38. The van der Waals surface area contributed by atoms with Crippen molar-refractivity contribution in [3.8, 4) is 0 Å². The van der Waals surface area contributed by atoms with Gasteiger partial charge in [0.05, 0.1) is 0 Å². The molecule has 0 spiro atoms. The number of rotatable bonds is 0. The molecule has 1 heteroatoms. The zero-order valence-corrected chi connectivity index (χ0v) is 7.77. The predicted molar refractivity (Wildman–Crippen MR) is 47.7 cm³/mol. The fraction of sp³-hybridized carbons (Fsp3) is 1.00. The van der Waals surface area contributed by atoms with Gasteiger partial charge in [-0.3, -0.25) is 4.90 Å². The fourth-order valence-electron chi connectivity index (χ4n) is 2.85. The Hall–Kier alpha value is -0.0400. The van der Waals surface area contributed by atoms with Crippen LogP contribution in [0.5, 0.6) is 0 Å². The lowest BCUT2D eigenvalue weighted by atomic mass is 9.87. The lowest BCUT2D eigenvalue weighted by molar-refractivity contribution is 0.0567. The lowest BCUT2D eigenvalue weighted by Gasteiger charge is -2.44. The van der Waals surface area contributed by atoms with E-state index in [9.17, 15) is 0 Å². The monoisotopic (exact) mass is 153 g/mol. The molecule has 2 rings (SSSR count). The Balaban J connectivity index is 2.13. The molecule has 0 aromatic carbocycles. The molecule has 0 saturated carbocycles. The Bertz CT molecular complexity index is 151. The molecule has 1 nitrogen and oxygen atoms in total. The van der Waals surface area contributed by atoms with E-state index in [2.05, 4.69) is 18.7 Å². The van der Waals surface area contributed by atoms with Crippen LogP contribution in [0.2, 0.25) is 0 Å². The summed E-state index contributed by atoms with van der Waals surface area (Å²) in [5, 5.41) is 0. The third-order valence-electron chi connectivity index (χ3n) is 3.48. The van der Waals surface area contributed by atoms with Gasteiger partial charge in [-0.05, 0) is 46.1 Å². The van der Waals surface area contributed by atoms with Crippen molar-refractivity contribution in [2.24, 2.45) is 0 Å². The van der Waals surface area contributed by atoms with Crippen LogP contribution in [-0.2, 0) is 0 Å². The first-order valence-corrected chi connectivity index (χ1v) is 4.97. The molecule has 0 aromatic heterocycles. The maximum Gasteiger partial charge on any atom is 0.0156 e. The zero-order chi connectivity index (χ0) is 7.90. The molecule has 0 radical (unpaired) electrons. The summed E-state index contributed by atoms with van der Waals surface area (Å²) in [6.45, 7) is 6.17. The van der Waals surface area contributed by atoms with Crippen LogP contribution in [0.15, 0.2) is 0 Å². The number of fused-ring (bicyclic) bond motifs is 1.